The van der Waals surface area contributed by atoms with Crippen molar-refractivity contribution >= 4 is 0 Å². The Balaban J connectivity index is 1.79. The summed E-state index contributed by atoms with van der Waals surface area (Å²) in [7, 11) is 0. The van der Waals surface area contributed by atoms with E-state index in [-0.39, 0.29) is 0 Å². The molecular weight excluding hydrogens is 218 g/mol. The van der Waals surface area contributed by atoms with Crippen LogP contribution in [-0.4, -0.2) is 6.54 Å². The Labute approximate surface area is 112 Å². The fourth-order valence-corrected chi connectivity index (χ4v) is 3.13. The predicted octanol–water partition coefficient (Wildman–Crippen LogP) is 4.08. The molecule has 1 aromatic carbocycles. The van der Waals surface area contributed by atoms with Gasteiger partial charge in [-0.2, -0.15) is 0 Å². The SMILES string of the molecule is Cc1ccc(CC(CN)CCC2CCCC2)cc1. The quantitative estimate of drug-likeness (QED) is 0.803. The largest absolute Gasteiger partial charge is 0.330 e. The Morgan fingerprint density at radius 2 is 1.83 bits per heavy atom. The molecule has 1 saturated carbocycles. The molecule has 0 heterocycles. The summed E-state index contributed by atoms with van der Waals surface area (Å²) in [5.41, 5.74) is 8.72. The first-order valence-corrected chi connectivity index (χ1v) is 7.53. The molecule has 1 atom stereocenters. The number of aryl methyl sites for hydroxylation is 1. The summed E-state index contributed by atoms with van der Waals surface area (Å²) in [4.78, 5) is 0. The minimum absolute atomic E-state index is 0.674. The van der Waals surface area contributed by atoms with Crippen molar-refractivity contribution in [1.82, 2.24) is 0 Å². The summed E-state index contributed by atoms with van der Waals surface area (Å²) in [6, 6.07) is 8.93. The summed E-state index contributed by atoms with van der Waals surface area (Å²) < 4.78 is 0. The third-order valence-corrected chi connectivity index (χ3v) is 4.44. The van der Waals surface area contributed by atoms with Gasteiger partial charge in [0.2, 0.25) is 0 Å². The molecule has 1 heteroatoms. The van der Waals surface area contributed by atoms with Crippen LogP contribution in [0.15, 0.2) is 24.3 Å². The fourth-order valence-electron chi connectivity index (χ4n) is 3.13. The van der Waals surface area contributed by atoms with E-state index < -0.39 is 0 Å². The number of rotatable bonds is 6. The maximum atomic E-state index is 5.94. The van der Waals surface area contributed by atoms with Crippen LogP contribution < -0.4 is 5.73 Å². The highest BCUT2D eigenvalue weighted by Crippen LogP contribution is 2.30. The minimum atomic E-state index is 0.674. The summed E-state index contributed by atoms with van der Waals surface area (Å²) in [5, 5.41) is 0. The van der Waals surface area contributed by atoms with Crippen LogP contribution in [0.25, 0.3) is 0 Å². The minimum Gasteiger partial charge on any atom is -0.330 e. The van der Waals surface area contributed by atoms with Crippen LogP contribution in [0.4, 0.5) is 0 Å². The van der Waals surface area contributed by atoms with E-state index in [1.165, 1.54) is 49.7 Å². The average molecular weight is 245 g/mol. The molecule has 2 rings (SSSR count). The fraction of sp³-hybridized carbons (Fsp3) is 0.647. The molecule has 0 bridgehead atoms. The monoisotopic (exact) mass is 245 g/mol. The van der Waals surface area contributed by atoms with Crippen LogP contribution in [-0.2, 0) is 6.42 Å². The lowest BCUT2D eigenvalue weighted by Gasteiger charge is -2.17. The van der Waals surface area contributed by atoms with E-state index in [2.05, 4.69) is 31.2 Å². The van der Waals surface area contributed by atoms with Crippen molar-refractivity contribution in [1.29, 1.82) is 0 Å². The summed E-state index contributed by atoms with van der Waals surface area (Å²) in [5.74, 6) is 1.67. The highest BCUT2D eigenvalue weighted by atomic mass is 14.5. The van der Waals surface area contributed by atoms with E-state index >= 15 is 0 Å². The molecule has 0 spiro atoms. The van der Waals surface area contributed by atoms with Gasteiger partial charge in [-0.05, 0) is 43.7 Å². The average Bonchev–Trinajstić information content (AvgIpc) is 2.90. The topological polar surface area (TPSA) is 26.0 Å². The Kier molecular flexibility index (Phi) is 5.25. The first-order chi connectivity index (χ1) is 8.78. The molecule has 0 aromatic heterocycles. The number of nitrogens with two attached hydrogens (primary N) is 1. The predicted molar refractivity (Wildman–Crippen MR) is 78.6 cm³/mol. The summed E-state index contributed by atoms with van der Waals surface area (Å²) in [6.07, 6.45) is 9.70. The van der Waals surface area contributed by atoms with Crippen LogP contribution >= 0.6 is 0 Å². The van der Waals surface area contributed by atoms with Crippen molar-refractivity contribution in [2.45, 2.75) is 51.9 Å². The molecular formula is C17H27N. The molecule has 1 fully saturated rings. The van der Waals surface area contributed by atoms with Gasteiger partial charge >= 0.3 is 0 Å². The Bertz CT molecular complexity index is 335. The molecule has 1 aromatic rings. The van der Waals surface area contributed by atoms with Crippen LogP contribution in [0.3, 0.4) is 0 Å². The lowest BCUT2D eigenvalue weighted by Crippen LogP contribution is -2.17. The highest BCUT2D eigenvalue weighted by molar-refractivity contribution is 5.21. The molecule has 1 aliphatic rings. The number of benzene rings is 1. The van der Waals surface area contributed by atoms with E-state index in [1.54, 1.807) is 0 Å². The maximum absolute atomic E-state index is 5.94. The lowest BCUT2D eigenvalue weighted by atomic mass is 9.90. The van der Waals surface area contributed by atoms with Gasteiger partial charge in [-0.3, -0.25) is 0 Å². The first kappa shape index (κ1) is 13.6. The van der Waals surface area contributed by atoms with Gasteiger partial charge in [-0.1, -0.05) is 61.9 Å². The zero-order chi connectivity index (χ0) is 12.8. The van der Waals surface area contributed by atoms with Crippen molar-refractivity contribution in [3.63, 3.8) is 0 Å². The molecule has 0 aliphatic heterocycles. The van der Waals surface area contributed by atoms with Crippen LogP contribution in [0.5, 0.6) is 0 Å². The van der Waals surface area contributed by atoms with E-state index in [4.69, 9.17) is 5.73 Å². The van der Waals surface area contributed by atoms with E-state index in [9.17, 15) is 0 Å². The normalized spacial score (nSPS) is 18.1. The first-order valence-electron chi connectivity index (χ1n) is 7.53. The lowest BCUT2D eigenvalue weighted by molar-refractivity contribution is 0.400. The van der Waals surface area contributed by atoms with Crippen LogP contribution in [0.1, 0.15) is 49.7 Å². The van der Waals surface area contributed by atoms with E-state index in [0.29, 0.717) is 5.92 Å². The van der Waals surface area contributed by atoms with Crippen LogP contribution in [0.2, 0.25) is 0 Å². The zero-order valence-electron chi connectivity index (χ0n) is 11.7. The second-order valence-corrected chi connectivity index (χ2v) is 6.02. The third-order valence-electron chi connectivity index (χ3n) is 4.44. The number of hydrogen-bond acceptors (Lipinski definition) is 1. The van der Waals surface area contributed by atoms with E-state index in [1.807, 2.05) is 0 Å². The Morgan fingerprint density at radius 1 is 1.17 bits per heavy atom. The molecule has 2 N–H and O–H groups in total. The van der Waals surface area contributed by atoms with Gasteiger partial charge in [0.05, 0.1) is 0 Å². The van der Waals surface area contributed by atoms with Crippen molar-refractivity contribution in [2.75, 3.05) is 6.54 Å². The molecule has 0 saturated heterocycles. The van der Waals surface area contributed by atoms with Gasteiger partial charge in [0.25, 0.3) is 0 Å². The van der Waals surface area contributed by atoms with E-state index in [0.717, 1.165) is 18.9 Å². The smallest absolute Gasteiger partial charge is 0.00457 e. The zero-order valence-corrected chi connectivity index (χ0v) is 11.7. The van der Waals surface area contributed by atoms with Crippen molar-refractivity contribution in [3.05, 3.63) is 35.4 Å². The second kappa shape index (κ2) is 6.94. The maximum Gasteiger partial charge on any atom is -0.00457 e. The van der Waals surface area contributed by atoms with Gasteiger partial charge in [0, 0.05) is 0 Å². The summed E-state index contributed by atoms with van der Waals surface area (Å²) >= 11 is 0. The molecule has 0 amide bonds. The molecule has 100 valence electrons. The third kappa shape index (κ3) is 4.13. The Hall–Kier alpha value is -0.820. The highest BCUT2D eigenvalue weighted by Gasteiger charge is 2.17. The van der Waals surface area contributed by atoms with Crippen molar-refractivity contribution in [2.24, 2.45) is 17.6 Å². The second-order valence-electron chi connectivity index (χ2n) is 6.02. The van der Waals surface area contributed by atoms with Gasteiger partial charge in [-0.15, -0.1) is 0 Å². The number of hydrogen-bond donors (Lipinski definition) is 1. The standard InChI is InChI=1S/C17H27N/c1-14-6-8-16(9-7-14)12-17(13-18)11-10-15-4-2-3-5-15/h6-9,15,17H,2-5,10-13,18H2,1H3. The molecule has 1 aliphatic carbocycles. The van der Waals surface area contributed by atoms with Gasteiger partial charge < -0.3 is 5.73 Å². The molecule has 1 unspecified atom stereocenters. The Morgan fingerprint density at radius 3 is 2.44 bits per heavy atom. The molecule has 1 nitrogen and oxygen atoms in total. The molecule has 0 radical (unpaired) electrons. The van der Waals surface area contributed by atoms with Crippen molar-refractivity contribution < 1.29 is 0 Å². The van der Waals surface area contributed by atoms with Gasteiger partial charge in [-0.25, -0.2) is 0 Å². The van der Waals surface area contributed by atoms with Gasteiger partial charge in [0.15, 0.2) is 0 Å². The summed E-state index contributed by atoms with van der Waals surface area (Å²) in [6.45, 7) is 2.98. The van der Waals surface area contributed by atoms with Crippen molar-refractivity contribution in [3.8, 4) is 0 Å². The van der Waals surface area contributed by atoms with Gasteiger partial charge in [0.1, 0.15) is 0 Å². The van der Waals surface area contributed by atoms with Crippen LogP contribution in [0, 0.1) is 18.8 Å². The molecule has 18 heavy (non-hydrogen) atoms.